The van der Waals surface area contributed by atoms with E-state index in [1.54, 1.807) is 28.4 Å². The van der Waals surface area contributed by atoms with Crippen molar-refractivity contribution in [1.29, 1.82) is 0 Å². The molecular formula is C17H13N5O2S2. The molecule has 0 unspecified atom stereocenters. The molecule has 0 radical (unpaired) electrons. The quantitative estimate of drug-likeness (QED) is 0.293. The molecule has 4 aromatic rings. The molecule has 7 nitrogen and oxygen atoms in total. The number of thioether (sulfide) groups is 1. The number of hydrogen-bond acceptors (Lipinski definition) is 7. The molecule has 2 heterocycles. The van der Waals surface area contributed by atoms with Gasteiger partial charge in [0.05, 0.1) is 4.92 Å². The van der Waals surface area contributed by atoms with Gasteiger partial charge in [-0.25, -0.2) is 0 Å². The summed E-state index contributed by atoms with van der Waals surface area (Å²) in [6.07, 6.45) is 2.69. The Kier molecular flexibility index (Phi) is 4.39. The van der Waals surface area contributed by atoms with Crippen LogP contribution in [0.3, 0.4) is 0 Å². The van der Waals surface area contributed by atoms with Gasteiger partial charge in [0.1, 0.15) is 5.01 Å². The Balaban J connectivity index is 1.62. The average molecular weight is 383 g/mol. The van der Waals surface area contributed by atoms with E-state index in [1.165, 1.54) is 28.4 Å². The smallest absolute Gasteiger partial charge is 0.258 e. The van der Waals surface area contributed by atoms with Gasteiger partial charge in [0, 0.05) is 29.0 Å². The minimum Gasteiger partial charge on any atom is -0.258 e. The van der Waals surface area contributed by atoms with E-state index in [9.17, 15) is 10.1 Å². The van der Waals surface area contributed by atoms with Gasteiger partial charge < -0.3 is 0 Å². The number of aromatic nitrogens is 4. The maximum atomic E-state index is 10.8. The first kappa shape index (κ1) is 16.7. The average Bonchev–Trinajstić information content (AvgIpc) is 3.24. The van der Waals surface area contributed by atoms with Crippen LogP contribution in [0, 0.1) is 10.1 Å². The molecule has 0 aliphatic carbocycles. The first-order valence-corrected chi connectivity index (χ1v) is 9.77. The third-order valence-electron chi connectivity index (χ3n) is 3.90. The summed E-state index contributed by atoms with van der Waals surface area (Å²) >= 11 is 3.11. The lowest BCUT2D eigenvalue weighted by Gasteiger charge is -2.00. The zero-order valence-electron chi connectivity index (χ0n) is 13.7. The van der Waals surface area contributed by atoms with E-state index in [2.05, 4.69) is 39.6 Å². The second-order valence-electron chi connectivity index (χ2n) is 5.55. The number of hydrogen-bond donors (Lipinski definition) is 0. The van der Waals surface area contributed by atoms with E-state index in [-0.39, 0.29) is 5.69 Å². The molecule has 2 aromatic heterocycles. The Morgan fingerprint density at radius 3 is 2.50 bits per heavy atom. The molecule has 0 fully saturated rings. The second kappa shape index (κ2) is 6.85. The van der Waals surface area contributed by atoms with Crippen molar-refractivity contribution < 1.29 is 4.92 Å². The van der Waals surface area contributed by atoms with Crippen LogP contribution in [0.25, 0.3) is 15.5 Å². The maximum Gasteiger partial charge on any atom is 0.269 e. The summed E-state index contributed by atoms with van der Waals surface area (Å²) in [7, 11) is 0. The van der Waals surface area contributed by atoms with Crippen molar-refractivity contribution in [3.05, 3.63) is 70.0 Å². The summed E-state index contributed by atoms with van der Waals surface area (Å²) in [5, 5.41) is 24.5. The highest BCUT2D eigenvalue weighted by atomic mass is 32.2. The van der Waals surface area contributed by atoms with Crippen LogP contribution in [-0.4, -0.2) is 31.0 Å². The van der Waals surface area contributed by atoms with Gasteiger partial charge in [0.25, 0.3) is 5.69 Å². The van der Waals surface area contributed by atoms with Crippen molar-refractivity contribution in [2.45, 2.75) is 11.3 Å². The molecule has 9 heteroatoms. The number of benzene rings is 2. The van der Waals surface area contributed by atoms with Crippen molar-refractivity contribution in [1.82, 2.24) is 19.8 Å². The van der Waals surface area contributed by atoms with Crippen molar-refractivity contribution in [3.63, 3.8) is 0 Å². The van der Waals surface area contributed by atoms with Crippen LogP contribution >= 0.6 is 23.1 Å². The van der Waals surface area contributed by atoms with E-state index >= 15 is 0 Å². The van der Waals surface area contributed by atoms with E-state index in [0.717, 1.165) is 22.0 Å². The van der Waals surface area contributed by atoms with E-state index in [0.29, 0.717) is 11.4 Å². The first-order valence-electron chi connectivity index (χ1n) is 7.73. The zero-order chi connectivity index (χ0) is 18.1. The monoisotopic (exact) mass is 383 g/mol. The number of fused-ring (bicyclic) bond motifs is 1. The summed E-state index contributed by atoms with van der Waals surface area (Å²) in [4.78, 5) is 12.3. The Bertz CT molecular complexity index is 1070. The van der Waals surface area contributed by atoms with Gasteiger partial charge in [-0.15, -0.1) is 22.0 Å². The highest BCUT2D eigenvalue weighted by Crippen LogP contribution is 2.27. The van der Waals surface area contributed by atoms with Crippen LogP contribution in [0.2, 0.25) is 0 Å². The molecule has 0 saturated heterocycles. The van der Waals surface area contributed by atoms with Gasteiger partial charge in [-0.3, -0.25) is 10.1 Å². The van der Waals surface area contributed by atoms with Crippen LogP contribution in [0.15, 0.2) is 53.4 Å². The molecule has 0 atom stereocenters. The molecule has 2 aromatic carbocycles. The zero-order valence-corrected chi connectivity index (χ0v) is 15.3. The van der Waals surface area contributed by atoms with Gasteiger partial charge in [0.15, 0.2) is 5.82 Å². The SMILES string of the molecule is CSc1ccc(Cc2nnc3sc(-c4ccc([N+](=O)[O-])cc4)nn23)cc1. The van der Waals surface area contributed by atoms with Crippen LogP contribution in [0.4, 0.5) is 5.69 Å². The minimum absolute atomic E-state index is 0.0612. The second-order valence-corrected chi connectivity index (χ2v) is 7.38. The predicted octanol–water partition coefficient (Wildman–Crippen LogP) is 4.07. The lowest BCUT2D eigenvalue weighted by atomic mass is 10.1. The fraction of sp³-hybridized carbons (Fsp3) is 0.118. The van der Waals surface area contributed by atoms with Gasteiger partial charge in [-0.1, -0.05) is 23.5 Å². The number of rotatable bonds is 5. The Hall–Kier alpha value is -2.78. The van der Waals surface area contributed by atoms with Crippen LogP contribution in [0.5, 0.6) is 0 Å². The minimum atomic E-state index is -0.414. The van der Waals surface area contributed by atoms with Gasteiger partial charge in [-0.2, -0.15) is 9.61 Å². The maximum absolute atomic E-state index is 10.8. The molecule has 0 amide bonds. The van der Waals surface area contributed by atoms with Gasteiger partial charge in [-0.05, 0) is 36.1 Å². The largest absolute Gasteiger partial charge is 0.269 e. The van der Waals surface area contributed by atoms with E-state index in [1.807, 2.05) is 6.26 Å². The topological polar surface area (TPSA) is 86.2 Å². The number of nitrogens with zero attached hydrogens (tertiary/aromatic N) is 5. The van der Waals surface area contributed by atoms with Gasteiger partial charge in [0.2, 0.25) is 4.96 Å². The fourth-order valence-corrected chi connectivity index (χ4v) is 3.81. The normalized spacial score (nSPS) is 11.1. The highest BCUT2D eigenvalue weighted by molar-refractivity contribution is 7.98. The van der Waals surface area contributed by atoms with Crippen molar-refractivity contribution in [2.24, 2.45) is 0 Å². The molecule has 4 rings (SSSR count). The van der Waals surface area contributed by atoms with E-state index < -0.39 is 4.92 Å². The lowest BCUT2D eigenvalue weighted by Crippen LogP contribution is -1.97. The molecule has 0 saturated carbocycles. The summed E-state index contributed by atoms with van der Waals surface area (Å²) in [5.74, 6) is 0.765. The molecular weight excluding hydrogens is 370 g/mol. The van der Waals surface area contributed by atoms with Crippen LogP contribution < -0.4 is 0 Å². The van der Waals surface area contributed by atoms with Crippen molar-refractivity contribution in [3.8, 4) is 10.6 Å². The van der Waals surface area contributed by atoms with Crippen LogP contribution in [-0.2, 0) is 6.42 Å². The van der Waals surface area contributed by atoms with Crippen LogP contribution in [0.1, 0.15) is 11.4 Å². The van der Waals surface area contributed by atoms with Crippen molar-refractivity contribution in [2.75, 3.05) is 6.26 Å². The molecule has 130 valence electrons. The highest BCUT2D eigenvalue weighted by Gasteiger charge is 2.14. The number of nitro groups is 1. The van der Waals surface area contributed by atoms with E-state index in [4.69, 9.17) is 0 Å². The predicted molar refractivity (Wildman–Crippen MR) is 102 cm³/mol. The molecule has 0 spiro atoms. The summed E-state index contributed by atoms with van der Waals surface area (Å²) in [6, 6.07) is 14.7. The number of nitro benzene ring substituents is 1. The number of non-ortho nitro benzene ring substituents is 1. The van der Waals surface area contributed by atoms with Crippen molar-refractivity contribution >= 4 is 33.7 Å². The summed E-state index contributed by atoms with van der Waals surface area (Å²) < 4.78 is 1.74. The Morgan fingerprint density at radius 2 is 1.85 bits per heavy atom. The third kappa shape index (κ3) is 3.18. The third-order valence-corrected chi connectivity index (χ3v) is 5.59. The lowest BCUT2D eigenvalue weighted by molar-refractivity contribution is -0.384. The molecule has 0 aliphatic rings. The Labute approximate surface area is 156 Å². The fourth-order valence-electron chi connectivity index (χ4n) is 2.54. The van der Waals surface area contributed by atoms with Gasteiger partial charge >= 0.3 is 0 Å². The molecule has 0 bridgehead atoms. The standard InChI is InChI=1S/C17H13N5O2S2/c1-25-14-8-2-11(3-9-14)10-15-18-19-17-21(15)20-16(26-17)12-4-6-13(7-5-12)22(23)24/h2-9H,10H2,1H3. The Morgan fingerprint density at radius 1 is 1.12 bits per heavy atom. The molecule has 26 heavy (non-hydrogen) atoms. The summed E-state index contributed by atoms with van der Waals surface area (Å²) in [6.45, 7) is 0. The first-order chi connectivity index (χ1) is 12.6. The molecule has 0 aliphatic heterocycles. The molecule has 0 N–H and O–H groups in total. The summed E-state index contributed by atoms with van der Waals surface area (Å²) in [5.41, 5.74) is 2.02.